The second kappa shape index (κ2) is 8.24. The van der Waals surface area contributed by atoms with Crippen molar-refractivity contribution in [1.29, 1.82) is 0 Å². The van der Waals surface area contributed by atoms with Gasteiger partial charge < -0.3 is 5.32 Å². The number of nitrogens with zero attached hydrogens (tertiary/aromatic N) is 3. The molecular formula is C17H22N4O3S2. The fourth-order valence-corrected chi connectivity index (χ4v) is 4.64. The number of aromatic nitrogens is 2. The van der Waals surface area contributed by atoms with Crippen molar-refractivity contribution in [3.63, 3.8) is 0 Å². The van der Waals surface area contributed by atoms with Gasteiger partial charge in [-0.2, -0.15) is 0 Å². The Morgan fingerprint density at radius 2 is 2.12 bits per heavy atom. The SMILES string of the molecule is CS(=O)(=O)N1CCC(C(=O)NCCc2csc(-c3ccccn3)n2)CC1. The number of sulfonamides is 1. The Kier molecular flexibility index (Phi) is 6.00. The molecule has 1 amide bonds. The van der Waals surface area contributed by atoms with Gasteiger partial charge >= 0.3 is 0 Å². The van der Waals surface area contributed by atoms with E-state index in [0.29, 0.717) is 38.9 Å². The lowest BCUT2D eigenvalue weighted by molar-refractivity contribution is -0.126. The van der Waals surface area contributed by atoms with Crippen molar-refractivity contribution >= 4 is 27.3 Å². The van der Waals surface area contributed by atoms with E-state index in [0.717, 1.165) is 16.4 Å². The summed E-state index contributed by atoms with van der Waals surface area (Å²) in [5.41, 5.74) is 1.79. The first kappa shape index (κ1) is 18.9. The van der Waals surface area contributed by atoms with Gasteiger partial charge in [0.05, 0.1) is 17.6 Å². The Bertz CT molecular complexity index is 844. The lowest BCUT2D eigenvalue weighted by Crippen LogP contribution is -2.42. The fraction of sp³-hybridized carbons (Fsp3) is 0.471. The van der Waals surface area contributed by atoms with E-state index < -0.39 is 10.0 Å². The molecule has 1 saturated heterocycles. The van der Waals surface area contributed by atoms with Crippen molar-refractivity contribution in [3.05, 3.63) is 35.5 Å². The van der Waals surface area contributed by atoms with Gasteiger partial charge in [0.15, 0.2) is 0 Å². The summed E-state index contributed by atoms with van der Waals surface area (Å²) in [6.45, 7) is 1.35. The lowest BCUT2D eigenvalue weighted by atomic mass is 9.97. The standard InChI is InChI=1S/C17H22N4O3S2/c1-26(23,24)21-10-6-13(7-11-21)16(22)19-9-5-14-12-25-17(20-14)15-4-2-3-8-18-15/h2-4,8,12-13H,5-7,9-11H2,1H3,(H,19,22). The summed E-state index contributed by atoms with van der Waals surface area (Å²) in [5.74, 6) is -0.120. The number of thiazole rings is 1. The van der Waals surface area contributed by atoms with Crippen LogP contribution in [0.15, 0.2) is 29.8 Å². The van der Waals surface area contributed by atoms with E-state index in [1.165, 1.54) is 10.6 Å². The summed E-state index contributed by atoms with van der Waals surface area (Å²) in [4.78, 5) is 21.1. The maximum Gasteiger partial charge on any atom is 0.223 e. The zero-order valence-electron chi connectivity index (χ0n) is 14.6. The van der Waals surface area contributed by atoms with E-state index in [1.54, 1.807) is 17.5 Å². The van der Waals surface area contributed by atoms with Crippen LogP contribution < -0.4 is 5.32 Å². The van der Waals surface area contributed by atoms with Crippen LogP contribution in [-0.4, -0.2) is 54.5 Å². The van der Waals surface area contributed by atoms with Crippen molar-refractivity contribution in [2.45, 2.75) is 19.3 Å². The van der Waals surface area contributed by atoms with Gasteiger partial charge in [0.1, 0.15) is 5.01 Å². The third kappa shape index (κ3) is 4.87. The maximum absolute atomic E-state index is 12.3. The minimum absolute atomic E-state index is 0.00155. The van der Waals surface area contributed by atoms with Crippen molar-refractivity contribution in [1.82, 2.24) is 19.6 Å². The summed E-state index contributed by atoms with van der Waals surface area (Å²) in [7, 11) is -3.16. The minimum Gasteiger partial charge on any atom is -0.355 e. The Hall–Kier alpha value is -1.84. The maximum atomic E-state index is 12.3. The number of carbonyl (C=O) groups excluding carboxylic acids is 1. The number of carbonyl (C=O) groups is 1. The highest BCUT2D eigenvalue weighted by Gasteiger charge is 2.28. The van der Waals surface area contributed by atoms with Crippen LogP contribution in [0.4, 0.5) is 0 Å². The molecule has 0 bridgehead atoms. The summed E-state index contributed by atoms with van der Waals surface area (Å²) in [6, 6.07) is 5.72. The predicted molar refractivity (Wildman–Crippen MR) is 101 cm³/mol. The molecule has 0 unspecified atom stereocenters. The molecule has 7 nitrogen and oxygen atoms in total. The zero-order chi connectivity index (χ0) is 18.6. The Morgan fingerprint density at radius 1 is 1.35 bits per heavy atom. The van der Waals surface area contributed by atoms with Crippen LogP contribution in [0.1, 0.15) is 18.5 Å². The number of pyridine rings is 1. The Labute approximate surface area is 157 Å². The van der Waals surface area contributed by atoms with E-state index >= 15 is 0 Å². The second-order valence-electron chi connectivity index (χ2n) is 6.34. The van der Waals surface area contributed by atoms with Crippen LogP contribution in [0.3, 0.4) is 0 Å². The number of piperidine rings is 1. The number of amides is 1. The normalized spacial score (nSPS) is 16.5. The number of hydrogen-bond acceptors (Lipinski definition) is 6. The molecule has 0 saturated carbocycles. The van der Waals surface area contributed by atoms with Crippen molar-refractivity contribution in [2.24, 2.45) is 5.92 Å². The van der Waals surface area contributed by atoms with Gasteiger partial charge in [0, 0.05) is 43.5 Å². The molecule has 0 spiro atoms. The van der Waals surface area contributed by atoms with Gasteiger partial charge in [0.25, 0.3) is 0 Å². The topological polar surface area (TPSA) is 92.3 Å². The van der Waals surface area contributed by atoms with Crippen LogP contribution in [0.5, 0.6) is 0 Å². The van der Waals surface area contributed by atoms with Gasteiger partial charge in [-0.3, -0.25) is 9.78 Å². The van der Waals surface area contributed by atoms with Crippen molar-refractivity contribution in [2.75, 3.05) is 25.9 Å². The first-order valence-electron chi connectivity index (χ1n) is 8.52. The molecule has 0 radical (unpaired) electrons. The molecule has 2 aromatic heterocycles. The van der Waals surface area contributed by atoms with Crippen LogP contribution in [0, 0.1) is 5.92 Å². The van der Waals surface area contributed by atoms with Gasteiger partial charge in [0.2, 0.25) is 15.9 Å². The average Bonchev–Trinajstić information content (AvgIpc) is 3.11. The predicted octanol–water partition coefficient (Wildman–Crippen LogP) is 1.54. The Morgan fingerprint density at radius 3 is 2.77 bits per heavy atom. The molecule has 3 heterocycles. The molecule has 1 fully saturated rings. The summed E-state index contributed by atoms with van der Waals surface area (Å²) in [6.07, 6.45) is 4.75. The average molecular weight is 395 g/mol. The highest BCUT2D eigenvalue weighted by molar-refractivity contribution is 7.88. The first-order valence-corrected chi connectivity index (χ1v) is 11.2. The molecule has 26 heavy (non-hydrogen) atoms. The summed E-state index contributed by atoms with van der Waals surface area (Å²) < 4.78 is 24.5. The Balaban J connectivity index is 1.44. The number of hydrogen-bond donors (Lipinski definition) is 1. The fourth-order valence-electron chi connectivity index (χ4n) is 2.94. The summed E-state index contributed by atoms with van der Waals surface area (Å²) >= 11 is 1.54. The van der Waals surface area contributed by atoms with E-state index in [2.05, 4.69) is 15.3 Å². The second-order valence-corrected chi connectivity index (χ2v) is 9.18. The molecule has 1 N–H and O–H groups in total. The molecule has 3 rings (SSSR count). The van der Waals surface area contributed by atoms with Gasteiger partial charge in [-0.1, -0.05) is 6.07 Å². The number of nitrogens with one attached hydrogen (secondary N) is 1. The van der Waals surface area contributed by atoms with Crippen LogP contribution in [0.25, 0.3) is 10.7 Å². The highest BCUT2D eigenvalue weighted by atomic mass is 32.2. The van der Waals surface area contributed by atoms with E-state index in [-0.39, 0.29) is 11.8 Å². The van der Waals surface area contributed by atoms with E-state index in [4.69, 9.17) is 0 Å². The van der Waals surface area contributed by atoms with Gasteiger partial charge in [-0.25, -0.2) is 17.7 Å². The van der Waals surface area contributed by atoms with E-state index in [9.17, 15) is 13.2 Å². The molecular weight excluding hydrogens is 372 g/mol. The van der Waals surface area contributed by atoms with Crippen LogP contribution in [-0.2, 0) is 21.2 Å². The molecule has 9 heteroatoms. The van der Waals surface area contributed by atoms with Gasteiger partial charge in [-0.05, 0) is 25.0 Å². The van der Waals surface area contributed by atoms with Crippen molar-refractivity contribution in [3.8, 4) is 10.7 Å². The molecule has 1 aliphatic heterocycles. The van der Waals surface area contributed by atoms with E-state index in [1.807, 2.05) is 23.6 Å². The van der Waals surface area contributed by atoms with Crippen LogP contribution in [0.2, 0.25) is 0 Å². The quantitative estimate of drug-likeness (QED) is 0.802. The molecule has 1 aliphatic rings. The zero-order valence-corrected chi connectivity index (χ0v) is 16.2. The molecule has 0 aromatic carbocycles. The molecule has 140 valence electrons. The molecule has 2 aromatic rings. The highest BCUT2D eigenvalue weighted by Crippen LogP contribution is 2.22. The molecule has 0 aliphatic carbocycles. The smallest absolute Gasteiger partial charge is 0.223 e. The third-order valence-electron chi connectivity index (χ3n) is 4.41. The number of rotatable bonds is 6. The van der Waals surface area contributed by atoms with Gasteiger partial charge in [-0.15, -0.1) is 11.3 Å². The van der Waals surface area contributed by atoms with Crippen LogP contribution >= 0.6 is 11.3 Å². The summed E-state index contributed by atoms with van der Waals surface area (Å²) in [5, 5.41) is 5.81. The minimum atomic E-state index is -3.16. The largest absolute Gasteiger partial charge is 0.355 e. The third-order valence-corrected chi connectivity index (χ3v) is 6.63. The lowest BCUT2D eigenvalue weighted by Gasteiger charge is -2.29. The molecule has 0 atom stereocenters. The first-order chi connectivity index (χ1) is 12.4. The monoisotopic (exact) mass is 394 g/mol. The van der Waals surface area contributed by atoms with Crippen molar-refractivity contribution < 1.29 is 13.2 Å².